The van der Waals surface area contributed by atoms with E-state index in [9.17, 15) is 0 Å². The van der Waals surface area contributed by atoms with E-state index in [1.807, 2.05) is 53.7 Å². The molecule has 1 aliphatic carbocycles. The van der Waals surface area contributed by atoms with E-state index in [-0.39, 0.29) is 0 Å². The fourth-order valence-electron chi connectivity index (χ4n) is 1.36. The molecule has 0 N–H and O–H groups in total. The highest BCUT2D eigenvalue weighted by Gasteiger charge is 2.03. The van der Waals surface area contributed by atoms with Crippen LogP contribution in [0, 0.1) is 0 Å². The molecule has 0 radical (unpaired) electrons. The maximum absolute atomic E-state index is 3.22. The molecule has 0 heteroatoms. The third kappa shape index (κ3) is 6.27. The van der Waals surface area contributed by atoms with Crippen molar-refractivity contribution in [2.24, 2.45) is 0 Å². The lowest BCUT2D eigenvalue weighted by atomic mass is 10.0. The molecule has 0 nitrogen and oxygen atoms in total. The third-order valence-corrected chi connectivity index (χ3v) is 2.02. The topological polar surface area (TPSA) is 0 Å². The molecule has 0 saturated heterocycles. The van der Waals surface area contributed by atoms with Gasteiger partial charge in [0.25, 0.3) is 0 Å². The van der Waals surface area contributed by atoms with Crippen molar-refractivity contribution in [1.29, 1.82) is 0 Å². The number of hydrogen-bond acceptors (Lipinski definition) is 0. The number of hydrogen-bond donors (Lipinski definition) is 0. The summed E-state index contributed by atoms with van der Waals surface area (Å²) < 4.78 is 0. The average molecular weight is 244 g/mol. The first-order valence-electron chi connectivity index (χ1n) is 7.07. The van der Waals surface area contributed by atoms with Gasteiger partial charge in [0.15, 0.2) is 0 Å². The molecule has 0 heterocycles. The second-order valence-electron chi connectivity index (χ2n) is 2.90. The minimum absolute atomic E-state index is 1.22. The van der Waals surface area contributed by atoms with Gasteiger partial charge >= 0.3 is 0 Å². The summed E-state index contributed by atoms with van der Waals surface area (Å²) in [5.74, 6) is 0. The second-order valence-corrected chi connectivity index (χ2v) is 2.90. The zero-order chi connectivity index (χ0) is 14.4. The lowest BCUT2D eigenvalue weighted by Gasteiger charge is -2.01. The summed E-state index contributed by atoms with van der Waals surface area (Å²) >= 11 is 0. The Morgan fingerprint density at radius 1 is 0.778 bits per heavy atom. The predicted molar refractivity (Wildman–Crippen MR) is 85.7 cm³/mol. The largest absolute Gasteiger partial charge is 0.112 e. The lowest BCUT2D eigenvalue weighted by Crippen LogP contribution is -1.81. The van der Waals surface area contributed by atoms with Crippen molar-refractivity contribution in [3.05, 3.63) is 59.4 Å². The van der Waals surface area contributed by atoms with Crippen LogP contribution in [0.25, 0.3) is 5.57 Å². The Balaban J connectivity index is 0. The summed E-state index contributed by atoms with van der Waals surface area (Å²) in [5.41, 5.74) is 6.98. The van der Waals surface area contributed by atoms with E-state index in [0.717, 1.165) is 0 Å². The molecular weight excluding hydrogens is 216 g/mol. The summed E-state index contributed by atoms with van der Waals surface area (Å²) in [6.45, 7) is 14.1. The molecule has 0 bridgehead atoms. The number of rotatable bonds is 1. The van der Waals surface area contributed by atoms with Crippen molar-refractivity contribution in [2.45, 2.75) is 48.5 Å². The van der Waals surface area contributed by atoms with Crippen molar-refractivity contribution in [3.63, 3.8) is 0 Å². The van der Waals surface area contributed by atoms with Crippen molar-refractivity contribution >= 4 is 5.57 Å². The molecule has 0 atom stereocenters. The zero-order valence-corrected chi connectivity index (χ0v) is 13.0. The molecule has 2 rings (SSSR count). The number of benzene rings is 1. The van der Waals surface area contributed by atoms with E-state index in [4.69, 9.17) is 0 Å². The van der Waals surface area contributed by atoms with Gasteiger partial charge in [-0.25, -0.2) is 0 Å². The quantitative estimate of drug-likeness (QED) is 0.511. The van der Waals surface area contributed by atoms with Crippen LogP contribution in [0.2, 0.25) is 0 Å². The Labute approximate surface area is 114 Å². The average Bonchev–Trinajstić information content (AvgIpc) is 2.92. The molecule has 0 saturated carbocycles. The molecule has 18 heavy (non-hydrogen) atoms. The second kappa shape index (κ2) is 13.5. The molecule has 100 valence electrons. The predicted octanol–water partition coefficient (Wildman–Crippen LogP) is 6.26. The SMILES string of the molecule is CC.CC.CC.CC1=CC=C=C1c1ccccc1. The van der Waals surface area contributed by atoms with E-state index in [1.165, 1.54) is 16.7 Å². The summed E-state index contributed by atoms with van der Waals surface area (Å²) in [6, 6.07) is 10.4. The normalized spacial score (nSPS) is 10.6. The monoisotopic (exact) mass is 244 g/mol. The van der Waals surface area contributed by atoms with Crippen LogP contribution in [0.1, 0.15) is 54.0 Å². The molecule has 0 aliphatic heterocycles. The van der Waals surface area contributed by atoms with Gasteiger partial charge in [-0.15, -0.1) is 5.73 Å². The molecule has 1 aliphatic rings. The van der Waals surface area contributed by atoms with Crippen molar-refractivity contribution < 1.29 is 0 Å². The Bertz CT molecular complexity index is 374. The highest BCUT2D eigenvalue weighted by molar-refractivity contribution is 5.80. The van der Waals surface area contributed by atoms with Gasteiger partial charge in [0.2, 0.25) is 0 Å². The van der Waals surface area contributed by atoms with Crippen molar-refractivity contribution in [1.82, 2.24) is 0 Å². The van der Waals surface area contributed by atoms with Gasteiger partial charge in [0, 0.05) is 5.57 Å². The maximum Gasteiger partial charge on any atom is 0.0266 e. The van der Waals surface area contributed by atoms with Crippen LogP contribution < -0.4 is 0 Å². The van der Waals surface area contributed by atoms with Gasteiger partial charge in [-0.05, 0) is 24.1 Å². The first kappa shape index (κ1) is 18.8. The van der Waals surface area contributed by atoms with Crippen LogP contribution in [0.15, 0.2) is 53.8 Å². The van der Waals surface area contributed by atoms with Crippen LogP contribution in [-0.2, 0) is 0 Å². The fraction of sp³-hybridized carbons (Fsp3) is 0.389. The summed E-state index contributed by atoms with van der Waals surface area (Å²) in [6.07, 6.45) is 4.06. The van der Waals surface area contributed by atoms with E-state index < -0.39 is 0 Å². The van der Waals surface area contributed by atoms with Gasteiger partial charge in [-0.3, -0.25) is 0 Å². The maximum atomic E-state index is 3.22. The smallest absolute Gasteiger partial charge is 0.0266 e. The highest BCUT2D eigenvalue weighted by Crippen LogP contribution is 2.24. The van der Waals surface area contributed by atoms with E-state index in [0.29, 0.717) is 0 Å². The Hall–Kier alpha value is -1.52. The van der Waals surface area contributed by atoms with Crippen LogP contribution >= 0.6 is 0 Å². The van der Waals surface area contributed by atoms with Gasteiger partial charge in [-0.2, -0.15) is 0 Å². The van der Waals surface area contributed by atoms with E-state index in [2.05, 4.69) is 43.0 Å². The standard InChI is InChI=1S/C12H10.3C2H6/c1-10-6-5-9-12(10)11-7-3-2-4-8-11;3*1-2/h2-8H,1H3;3*1-2H3. The Kier molecular flexibility index (Phi) is 14.2. The molecule has 1 aromatic rings. The van der Waals surface area contributed by atoms with Crippen molar-refractivity contribution in [3.8, 4) is 0 Å². The molecular formula is C18H28. The third-order valence-electron chi connectivity index (χ3n) is 2.02. The molecule has 0 spiro atoms. The zero-order valence-electron chi connectivity index (χ0n) is 13.0. The van der Waals surface area contributed by atoms with Gasteiger partial charge in [-0.1, -0.05) is 78.0 Å². The minimum atomic E-state index is 1.22. The van der Waals surface area contributed by atoms with Crippen LogP contribution in [0.4, 0.5) is 0 Å². The molecule has 0 amide bonds. The van der Waals surface area contributed by atoms with Crippen LogP contribution in [0.3, 0.4) is 0 Å². The van der Waals surface area contributed by atoms with Gasteiger partial charge in [0.05, 0.1) is 0 Å². The minimum Gasteiger partial charge on any atom is -0.112 e. The lowest BCUT2D eigenvalue weighted by molar-refractivity contribution is 1.50. The van der Waals surface area contributed by atoms with Gasteiger partial charge in [0.1, 0.15) is 0 Å². The van der Waals surface area contributed by atoms with E-state index in [1.54, 1.807) is 0 Å². The van der Waals surface area contributed by atoms with Gasteiger partial charge < -0.3 is 0 Å². The highest BCUT2D eigenvalue weighted by atomic mass is 14.1. The molecule has 0 aromatic heterocycles. The van der Waals surface area contributed by atoms with Crippen molar-refractivity contribution in [2.75, 3.05) is 0 Å². The molecule has 0 unspecified atom stereocenters. The number of allylic oxidation sites excluding steroid dienone is 3. The fourth-order valence-corrected chi connectivity index (χ4v) is 1.36. The van der Waals surface area contributed by atoms with Crippen LogP contribution in [0.5, 0.6) is 0 Å². The Morgan fingerprint density at radius 2 is 1.28 bits per heavy atom. The molecule has 0 fully saturated rings. The summed E-state index contributed by atoms with van der Waals surface area (Å²) in [4.78, 5) is 0. The van der Waals surface area contributed by atoms with E-state index >= 15 is 0 Å². The van der Waals surface area contributed by atoms with Crippen LogP contribution in [-0.4, -0.2) is 0 Å². The summed E-state index contributed by atoms with van der Waals surface area (Å²) in [5, 5.41) is 0. The molecule has 1 aromatic carbocycles. The Morgan fingerprint density at radius 3 is 1.67 bits per heavy atom. The first-order valence-corrected chi connectivity index (χ1v) is 7.07. The summed E-state index contributed by atoms with van der Waals surface area (Å²) in [7, 11) is 0. The first-order chi connectivity index (χ1) is 8.88.